The summed E-state index contributed by atoms with van der Waals surface area (Å²) >= 11 is 15.3. The first kappa shape index (κ1) is 13.2. The predicted molar refractivity (Wildman–Crippen MR) is 73.2 cm³/mol. The zero-order valence-corrected chi connectivity index (χ0v) is 11.9. The molecule has 2 aromatic rings. The molecule has 0 radical (unpaired) electrons. The molecule has 1 aromatic heterocycles. The number of nitriles is 1. The second kappa shape index (κ2) is 5.57. The Kier molecular flexibility index (Phi) is 4.07. The molecule has 0 unspecified atom stereocenters. The van der Waals surface area contributed by atoms with Crippen LogP contribution in [0.3, 0.4) is 0 Å². The zero-order chi connectivity index (χ0) is 13.1. The monoisotopic (exact) mass is 342 g/mol. The van der Waals surface area contributed by atoms with Gasteiger partial charge in [-0.05, 0) is 28.1 Å². The maximum atomic E-state index is 8.74. The highest BCUT2D eigenvalue weighted by atomic mass is 79.9. The van der Waals surface area contributed by atoms with E-state index in [2.05, 4.69) is 20.9 Å². The van der Waals surface area contributed by atoms with Crippen LogP contribution >= 0.6 is 39.1 Å². The van der Waals surface area contributed by atoms with E-state index in [0.29, 0.717) is 26.0 Å². The van der Waals surface area contributed by atoms with E-state index in [0.717, 1.165) is 0 Å². The van der Waals surface area contributed by atoms with Crippen LogP contribution in [0.4, 0.5) is 0 Å². The number of ether oxygens (including phenoxy) is 1. The van der Waals surface area contributed by atoms with Crippen LogP contribution in [0.15, 0.2) is 34.9 Å². The third kappa shape index (κ3) is 2.94. The summed E-state index contributed by atoms with van der Waals surface area (Å²) in [5, 5.41) is 9.65. The average Bonchev–Trinajstić information content (AvgIpc) is 2.36. The topological polar surface area (TPSA) is 45.9 Å². The molecule has 0 amide bonds. The van der Waals surface area contributed by atoms with E-state index >= 15 is 0 Å². The summed E-state index contributed by atoms with van der Waals surface area (Å²) in [6.45, 7) is 0. The molecule has 3 nitrogen and oxygen atoms in total. The fraction of sp³-hybridized carbons (Fsp3) is 0. The second-order valence-corrected chi connectivity index (χ2v) is 4.96. The minimum atomic E-state index is 0.270. The van der Waals surface area contributed by atoms with E-state index < -0.39 is 0 Å². The van der Waals surface area contributed by atoms with Crippen molar-refractivity contribution in [3.63, 3.8) is 0 Å². The van der Waals surface area contributed by atoms with Crippen molar-refractivity contribution in [1.29, 1.82) is 5.26 Å². The Labute approximate surface area is 122 Å². The zero-order valence-electron chi connectivity index (χ0n) is 8.82. The Morgan fingerprint density at radius 2 is 2.00 bits per heavy atom. The van der Waals surface area contributed by atoms with Crippen LogP contribution in [-0.4, -0.2) is 4.98 Å². The van der Waals surface area contributed by atoms with Gasteiger partial charge in [-0.25, -0.2) is 4.98 Å². The predicted octanol–water partition coefficient (Wildman–Crippen LogP) is 4.81. The quantitative estimate of drug-likeness (QED) is 0.734. The standard InChI is InChI=1S/C12H5BrCl2N2O/c13-9-4-11(15)12(5-10(9)14)18-8-1-2-17-7(3-8)6-16/h1-5H. The molecule has 18 heavy (non-hydrogen) atoms. The third-order valence-electron chi connectivity index (χ3n) is 2.05. The van der Waals surface area contributed by atoms with Gasteiger partial charge in [-0.15, -0.1) is 0 Å². The van der Waals surface area contributed by atoms with Crippen LogP contribution in [0.2, 0.25) is 10.0 Å². The van der Waals surface area contributed by atoms with Gasteiger partial charge in [0.15, 0.2) is 0 Å². The summed E-state index contributed by atoms with van der Waals surface area (Å²) in [6.07, 6.45) is 1.49. The van der Waals surface area contributed by atoms with Gasteiger partial charge in [-0.3, -0.25) is 0 Å². The van der Waals surface area contributed by atoms with Crippen molar-refractivity contribution in [3.05, 3.63) is 50.7 Å². The van der Waals surface area contributed by atoms with E-state index in [9.17, 15) is 0 Å². The lowest BCUT2D eigenvalue weighted by molar-refractivity contribution is 0.482. The number of hydrogen-bond donors (Lipinski definition) is 0. The molecule has 1 heterocycles. The molecule has 0 bridgehead atoms. The second-order valence-electron chi connectivity index (χ2n) is 3.29. The Balaban J connectivity index is 2.34. The van der Waals surface area contributed by atoms with Crippen LogP contribution < -0.4 is 4.74 Å². The summed E-state index contributed by atoms with van der Waals surface area (Å²) in [6, 6.07) is 8.32. The fourth-order valence-electron chi connectivity index (χ4n) is 1.25. The molecule has 2 rings (SSSR count). The number of rotatable bonds is 2. The number of nitrogens with zero attached hydrogens (tertiary/aromatic N) is 2. The highest BCUT2D eigenvalue weighted by Crippen LogP contribution is 2.36. The molecule has 0 aliphatic heterocycles. The molecule has 0 fully saturated rings. The Morgan fingerprint density at radius 1 is 1.22 bits per heavy atom. The van der Waals surface area contributed by atoms with Gasteiger partial charge in [0.2, 0.25) is 0 Å². The van der Waals surface area contributed by atoms with Gasteiger partial charge in [0, 0.05) is 22.8 Å². The van der Waals surface area contributed by atoms with Crippen molar-refractivity contribution in [1.82, 2.24) is 4.98 Å². The van der Waals surface area contributed by atoms with Gasteiger partial charge in [-0.2, -0.15) is 5.26 Å². The van der Waals surface area contributed by atoms with Crippen LogP contribution in [0, 0.1) is 11.3 Å². The Bertz CT molecular complexity index is 640. The molecular weight excluding hydrogens is 339 g/mol. The van der Waals surface area contributed by atoms with Gasteiger partial charge in [0.25, 0.3) is 0 Å². The van der Waals surface area contributed by atoms with Crippen LogP contribution in [0.5, 0.6) is 11.5 Å². The van der Waals surface area contributed by atoms with Gasteiger partial charge in [-0.1, -0.05) is 23.2 Å². The molecule has 0 aliphatic carbocycles. The molecule has 0 N–H and O–H groups in total. The van der Waals surface area contributed by atoms with Gasteiger partial charge >= 0.3 is 0 Å². The SMILES string of the molecule is N#Cc1cc(Oc2cc(Cl)c(Br)cc2Cl)ccn1. The molecule has 0 saturated heterocycles. The van der Waals surface area contributed by atoms with Crippen molar-refractivity contribution < 1.29 is 4.74 Å². The normalized spacial score (nSPS) is 9.89. The summed E-state index contributed by atoms with van der Waals surface area (Å²) in [5.41, 5.74) is 0.270. The lowest BCUT2D eigenvalue weighted by atomic mass is 10.3. The summed E-state index contributed by atoms with van der Waals surface area (Å²) < 4.78 is 6.25. The van der Waals surface area contributed by atoms with Gasteiger partial charge in [0.05, 0.1) is 10.0 Å². The van der Waals surface area contributed by atoms with E-state index in [1.807, 2.05) is 6.07 Å². The van der Waals surface area contributed by atoms with Crippen molar-refractivity contribution >= 4 is 39.1 Å². The Hall–Kier alpha value is -1.28. The Morgan fingerprint density at radius 3 is 2.72 bits per heavy atom. The molecule has 0 spiro atoms. The van der Waals surface area contributed by atoms with E-state index in [4.69, 9.17) is 33.2 Å². The van der Waals surface area contributed by atoms with Crippen molar-refractivity contribution in [2.75, 3.05) is 0 Å². The molecule has 0 saturated carbocycles. The van der Waals surface area contributed by atoms with Gasteiger partial charge < -0.3 is 4.74 Å². The summed E-state index contributed by atoms with van der Waals surface area (Å²) in [7, 11) is 0. The van der Waals surface area contributed by atoms with E-state index in [1.54, 1.807) is 18.2 Å². The highest BCUT2D eigenvalue weighted by Gasteiger charge is 2.08. The lowest BCUT2D eigenvalue weighted by Gasteiger charge is -2.08. The molecule has 1 aromatic carbocycles. The maximum Gasteiger partial charge on any atom is 0.147 e. The number of halogens is 3. The van der Waals surface area contributed by atoms with Crippen molar-refractivity contribution in [2.45, 2.75) is 0 Å². The first-order valence-corrected chi connectivity index (χ1v) is 6.33. The number of pyridine rings is 1. The van der Waals surface area contributed by atoms with E-state index in [1.165, 1.54) is 12.3 Å². The largest absolute Gasteiger partial charge is 0.456 e. The van der Waals surface area contributed by atoms with Crippen molar-refractivity contribution in [2.24, 2.45) is 0 Å². The molecule has 6 heteroatoms. The molecule has 90 valence electrons. The molecule has 0 aliphatic rings. The molecular formula is C12H5BrCl2N2O. The van der Waals surface area contributed by atoms with Crippen molar-refractivity contribution in [3.8, 4) is 17.6 Å². The van der Waals surface area contributed by atoms with Crippen LogP contribution in [0.1, 0.15) is 5.69 Å². The first-order chi connectivity index (χ1) is 8.60. The van der Waals surface area contributed by atoms with Crippen LogP contribution in [-0.2, 0) is 0 Å². The third-order valence-corrected chi connectivity index (χ3v) is 3.54. The fourth-order valence-corrected chi connectivity index (χ4v) is 2.08. The minimum absolute atomic E-state index is 0.270. The number of benzene rings is 1. The summed E-state index contributed by atoms with van der Waals surface area (Å²) in [5.74, 6) is 0.891. The highest BCUT2D eigenvalue weighted by molar-refractivity contribution is 9.10. The first-order valence-electron chi connectivity index (χ1n) is 4.78. The minimum Gasteiger partial charge on any atom is -0.456 e. The van der Waals surface area contributed by atoms with Gasteiger partial charge in [0.1, 0.15) is 23.3 Å². The molecule has 0 atom stereocenters. The van der Waals surface area contributed by atoms with Crippen LogP contribution in [0.25, 0.3) is 0 Å². The smallest absolute Gasteiger partial charge is 0.147 e. The number of aromatic nitrogens is 1. The number of hydrogen-bond acceptors (Lipinski definition) is 3. The average molecular weight is 344 g/mol. The van der Waals surface area contributed by atoms with E-state index in [-0.39, 0.29) is 5.69 Å². The summed E-state index contributed by atoms with van der Waals surface area (Å²) in [4.78, 5) is 3.85. The lowest BCUT2D eigenvalue weighted by Crippen LogP contribution is -1.88. The maximum absolute atomic E-state index is 8.74.